The lowest BCUT2D eigenvalue weighted by atomic mass is 10.1. The molecule has 1 aromatic carbocycles. The topological polar surface area (TPSA) is 106 Å². The molecule has 0 spiro atoms. The normalized spacial score (nSPS) is 19.0. The van der Waals surface area contributed by atoms with E-state index in [1.54, 1.807) is 18.2 Å². The first-order valence-corrected chi connectivity index (χ1v) is 14.7. The molecular weight excluding hydrogens is 559 g/mol. The molecule has 5 heterocycles. The molecule has 3 aromatic heterocycles. The Labute approximate surface area is 246 Å². The van der Waals surface area contributed by atoms with Crippen LogP contribution in [-0.4, -0.2) is 70.9 Å². The van der Waals surface area contributed by atoms with Crippen LogP contribution in [0.2, 0.25) is 0 Å². The number of piperazine rings is 1. The predicted molar refractivity (Wildman–Crippen MR) is 155 cm³/mol. The van der Waals surface area contributed by atoms with E-state index in [4.69, 9.17) is 24.5 Å². The number of benzene rings is 1. The number of esters is 1. The molecule has 12 heteroatoms. The summed E-state index contributed by atoms with van der Waals surface area (Å²) in [7, 11) is 1.39. The van der Waals surface area contributed by atoms with E-state index in [2.05, 4.69) is 26.3 Å². The quantitative estimate of drug-likeness (QED) is 0.263. The van der Waals surface area contributed by atoms with Gasteiger partial charge in [0.2, 0.25) is 5.88 Å². The maximum absolute atomic E-state index is 14.3. The molecule has 0 aliphatic carbocycles. The predicted octanol–water partition coefficient (Wildman–Crippen LogP) is 4.37. The second-order valence-corrected chi connectivity index (χ2v) is 11.5. The molecule has 2 unspecified atom stereocenters. The van der Waals surface area contributed by atoms with E-state index in [1.807, 2.05) is 24.3 Å². The second kappa shape index (κ2) is 12.1. The van der Waals surface area contributed by atoms with Crippen molar-refractivity contribution in [2.45, 2.75) is 45.2 Å². The molecule has 6 rings (SSSR count). The summed E-state index contributed by atoms with van der Waals surface area (Å²) in [5, 5.41) is 8.95. The van der Waals surface area contributed by atoms with Gasteiger partial charge in [0.15, 0.2) is 0 Å². The van der Waals surface area contributed by atoms with E-state index in [9.17, 15) is 9.18 Å². The number of thiophene rings is 1. The van der Waals surface area contributed by atoms with Gasteiger partial charge in [-0.05, 0) is 37.6 Å². The van der Waals surface area contributed by atoms with Gasteiger partial charge in [0, 0.05) is 43.9 Å². The molecule has 2 atom stereocenters. The number of hydrogen-bond donors (Lipinski definition) is 0. The maximum atomic E-state index is 14.3. The van der Waals surface area contributed by atoms with Gasteiger partial charge in [-0.2, -0.15) is 10.2 Å². The summed E-state index contributed by atoms with van der Waals surface area (Å²) in [5.41, 5.74) is 1.58. The Kier molecular flexibility index (Phi) is 8.06. The van der Waals surface area contributed by atoms with Crippen molar-refractivity contribution in [3.8, 4) is 11.9 Å². The minimum Gasteiger partial charge on any atom is -0.473 e. The van der Waals surface area contributed by atoms with Gasteiger partial charge < -0.3 is 23.7 Å². The van der Waals surface area contributed by atoms with Gasteiger partial charge in [0.1, 0.15) is 33.8 Å². The number of methoxy groups -OCH3 is 1. The van der Waals surface area contributed by atoms with Gasteiger partial charge in [-0.1, -0.05) is 12.1 Å². The van der Waals surface area contributed by atoms with Crippen LogP contribution in [0.25, 0.3) is 10.3 Å². The van der Waals surface area contributed by atoms with Crippen molar-refractivity contribution in [1.82, 2.24) is 19.4 Å². The number of carbonyl (C=O) groups excluding carboxylic acids is 1. The van der Waals surface area contributed by atoms with Crippen LogP contribution in [0, 0.1) is 17.1 Å². The van der Waals surface area contributed by atoms with Gasteiger partial charge in [0.05, 0.1) is 43.5 Å². The van der Waals surface area contributed by atoms with Crippen LogP contribution in [-0.2, 0) is 29.2 Å². The number of carbonyl (C=O) groups is 1. The first-order chi connectivity index (χ1) is 20.4. The number of aromatic nitrogens is 3. The van der Waals surface area contributed by atoms with Gasteiger partial charge in [0.25, 0.3) is 0 Å². The summed E-state index contributed by atoms with van der Waals surface area (Å²) < 4.78 is 32.9. The lowest BCUT2D eigenvalue weighted by Gasteiger charge is -2.40. The van der Waals surface area contributed by atoms with Gasteiger partial charge in [-0.3, -0.25) is 4.90 Å². The van der Waals surface area contributed by atoms with E-state index in [0.29, 0.717) is 29.4 Å². The summed E-state index contributed by atoms with van der Waals surface area (Å²) in [6, 6.07) is 14.0. The Balaban J connectivity index is 1.12. The number of hydrogen-bond acceptors (Lipinski definition) is 10. The van der Waals surface area contributed by atoms with Crippen LogP contribution in [0.15, 0.2) is 42.5 Å². The Morgan fingerprint density at radius 1 is 1.24 bits per heavy atom. The van der Waals surface area contributed by atoms with Crippen molar-refractivity contribution in [3.63, 3.8) is 0 Å². The molecule has 0 saturated carbocycles. The average molecular weight is 591 g/mol. The fourth-order valence-electron chi connectivity index (χ4n) is 5.29. The lowest BCUT2D eigenvalue weighted by Crippen LogP contribution is -2.52. The summed E-state index contributed by atoms with van der Waals surface area (Å²) in [5.74, 6) is 1.36. The molecule has 42 heavy (non-hydrogen) atoms. The number of ether oxygens (including phenoxy) is 3. The van der Waals surface area contributed by atoms with Gasteiger partial charge in [-0.25, -0.2) is 14.2 Å². The zero-order valence-electron chi connectivity index (χ0n) is 23.5. The number of imidazole rings is 1. The van der Waals surface area contributed by atoms with Crippen molar-refractivity contribution in [2.75, 3.05) is 38.3 Å². The van der Waals surface area contributed by atoms with Crippen LogP contribution in [0.1, 0.15) is 40.0 Å². The van der Waals surface area contributed by atoms with Crippen LogP contribution in [0.4, 0.5) is 10.2 Å². The third kappa shape index (κ3) is 5.81. The van der Waals surface area contributed by atoms with Crippen LogP contribution in [0.3, 0.4) is 0 Å². The van der Waals surface area contributed by atoms with E-state index >= 15 is 0 Å². The van der Waals surface area contributed by atoms with Crippen molar-refractivity contribution in [2.24, 2.45) is 0 Å². The average Bonchev–Trinajstić information content (AvgIpc) is 3.53. The maximum Gasteiger partial charge on any atom is 0.348 e. The Hall–Kier alpha value is -4.05. The molecule has 10 nitrogen and oxygen atoms in total. The Bertz CT molecular complexity index is 1640. The highest BCUT2D eigenvalue weighted by Crippen LogP contribution is 2.30. The number of fused-ring (bicyclic) bond motifs is 1. The second-order valence-electron chi connectivity index (χ2n) is 10.5. The largest absolute Gasteiger partial charge is 0.473 e. The van der Waals surface area contributed by atoms with E-state index in [-0.39, 0.29) is 30.3 Å². The van der Waals surface area contributed by atoms with Crippen molar-refractivity contribution in [1.29, 1.82) is 5.26 Å². The zero-order chi connectivity index (χ0) is 29.2. The molecule has 0 amide bonds. The first kappa shape index (κ1) is 28.1. The van der Waals surface area contributed by atoms with E-state index < -0.39 is 5.82 Å². The highest BCUT2D eigenvalue weighted by Gasteiger charge is 2.29. The summed E-state index contributed by atoms with van der Waals surface area (Å²) in [6.45, 7) is 6.75. The van der Waals surface area contributed by atoms with Crippen LogP contribution in [0.5, 0.6) is 5.88 Å². The van der Waals surface area contributed by atoms with Crippen molar-refractivity contribution >= 4 is 33.5 Å². The molecule has 2 aliphatic rings. The summed E-state index contributed by atoms with van der Waals surface area (Å²) in [4.78, 5) is 27.7. The minimum absolute atomic E-state index is 0.0231. The Morgan fingerprint density at radius 3 is 2.81 bits per heavy atom. The number of nitriles is 1. The van der Waals surface area contributed by atoms with Gasteiger partial charge >= 0.3 is 5.97 Å². The number of anilines is 1. The van der Waals surface area contributed by atoms with Crippen molar-refractivity contribution < 1.29 is 23.4 Å². The van der Waals surface area contributed by atoms with Crippen molar-refractivity contribution in [3.05, 3.63) is 70.1 Å². The number of pyridine rings is 1. The molecule has 2 fully saturated rings. The number of halogens is 1. The third-order valence-electron chi connectivity index (χ3n) is 7.79. The highest BCUT2D eigenvalue weighted by atomic mass is 32.1. The fraction of sp³-hybridized carbons (Fsp3) is 0.400. The van der Waals surface area contributed by atoms with Crippen LogP contribution >= 0.6 is 11.3 Å². The molecule has 218 valence electrons. The summed E-state index contributed by atoms with van der Waals surface area (Å²) in [6.07, 6.45) is 1.17. The molecule has 2 aliphatic heterocycles. The standard InChI is InChI=1S/C30H31FN6O4S/c1-19-15-36(26-4-3-5-28(33-26)41-18-21-7-6-20(14-32)12-23(21)31)10-9-35(19)17-27-34-29-24(13-25(42-29)30(38)39-2)37(27)16-22-8-11-40-22/h3-7,12-13,19,22H,8-11,15-18H2,1-2H3. The smallest absolute Gasteiger partial charge is 0.348 e. The lowest BCUT2D eigenvalue weighted by molar-refractivity contribution is -0.0592. The summed E-state index contributed by atoms with van der Waals surface area (Å²) >= 11 is 1.36. The molecule has 4 aromatic rings. The fourth-order valence-corrected chi connectivity index (χ4v) is 6.26. The number of nitrogens with zero attached hydrogens (tertiary/aromatic N) is 6. The monoisotopic (exact) mass is 590 g/mol. The Morgan fingerprint density at radius 2 is 2.10 bits per heavy atom. The minimum atomic E-state index is -0.472. The SMILES string of the molecule is COC(=O)c1cc2c(nc(CN3CCN(c4cccc(OCc5ccc(C#N)cc5F)n4)CC3C)n2CC2CCO2)s1. The number of rotatable bonds is 9. The molecule has 0 bridgehead atoms. The zero-order valence-corrected chi connectivity index (χ0v) is 24.3. The third-order valence-corrected chi connectivity index (χ3v) is 8.79. The van der Waals surface area contributed by atoms with E-state index in [1.165, 1.54) is 24.5 Å². The highest BCUT2D eigenvalue weighted by molar-refractivity contribution is 7.20. The molecule has 0 N–H and O–H groups in total. The molecule has 0 radical (unpaired) electrons. The van der Waals surface area contributed by atoms with Crippen LogP contribution < -0.4 is 9.64 Å². The molecular formula is C30H31FN6O4S. The first-order valence-electron chi connectivity index (χ1n) is 13.9. The van der Waals surface area contributed by atoms with E-state index in [0.717, 1.165) is 54.7 Å². The van der Waals surface area contributed by atoms with Gasteiger partial charge in [-0.15, -0.1) is 11.3 Å². The molecule has 2 saturated heterocycles.